The number of dihydropyridines is 1. The Hall–Kier alpha value is -4.24. The van der Waals surface area contributed by atoms with Gasteiger partial charge in [-0.15, -0.1) is 11.3 Å². The summed E-state index contributed by atoms with van der Waals surface area (Å²) in [6.45, 7) is 3.03. The number of amidine groups is 1. The molecule has 2 amide bonds. The predicted molar refractivity (Wildman–Crippen MR) is 174 cm³/mol. The Kier molecular flexibility index (Phi) is 7.80. The lowest BCUT2D eigenvalue weighted by Gasteiger charge is -2.29. The van der Waals surface area contributed by atoms with Crippen LogP contribution in [0.25, 0.3) is 10.4 Å². The average molecular weight is 609 g/mol. The van der Waals surface area contributed by atoms with E-state index in [1.807, 2.05) is 30.3 Å². The summed E-state index contributed by atoms with van der Waals surface area (Å²) in [5.41, 5.74) is 4.35. The highest BCUT2D eigenvalue weighted by atomic mass is 32.1. The number of para-hydroxylation sites is 1. The number of nitrogens with zero attached hydrogens (tertiary/aromatic N) is 3. The Morgan fingerprint density at radius 1 is 0.955 bits per heavy atom. The van der Waals surface area contributed by atoms with Crippen molar-refractivity contribution in [3.8, 4) is 10.4 Å². The van der Waals surface area contributed by atoms with Gasteiger partial charge in [0, 0.05) is 47.9 Å². The van der Waals surface area contributed by atoms with Gasteiger partial charge in [-0.3, -0.25) is 14.6 Å². The van der Waals surface area contributed by atoms with Crippen molar-refractivity contribution in [2.45, 2.75) is 44.9 Å². The van der Waals surface area contributed by atoms with Crippen molar-refractivity contribution in [3.05, 3.63) is 82.3 Å². The number of rotatable bonds is 4. The molecule has 44 heavy (non-hydrogen) atoms. The van der Waals surface area contributed by atoms with Gasteiger partial charge in [0.15, 0.2) is 0 Å². The van der Waals surface area contributed by atoms with Gasteiger partial charge in [-0.1, -0.05) is 24.3 Å². The largest absolute Gasteiger partial charge is 0.477 e. The van der Waals surface area contributed by atoms with E-state index in [0.717, 1.165) is 71.7 Å². The molecule has 2 unspecified atom stereocenters. The summed E-state index contributed by atoms with van der Waals surface area (Å²) < 4.78 is 0. The number of hydrogen-bond donors (Lipinski definition) is 2. The molecule has 1 aromatic heterocycles. The molecule has 8 nitrogen and oxygen atoms in total. The zero-order chi connectivity index (χ0) is 30.2. The third-order valence-corrected chi connectivity index (χ3v) is 10.5. The third-order valence-electron chi connectivity index (χ3n) is 9.30. The summed E-state index contributed by atoms with van der Waals surface area (Å²) in [5.74, 6) is 1.39. The van der Waals surface area contributed by atoms with Gasteiger partial charge in [0.1, 0.15) is 10.7 Å². The molecule has 2 fully saturated rings. The number of aromatic carboxylic acids is 1. The van der Waals surface area contributed by atoms with E-state index >= 15 is 0 Å². The monoisotopic (exact) mass is 608 g/mol. The van der Waals surface area contributed by atoms with Gasteiger partial charge in [-0.05, 0) is 98.7 Å². The molecule has 0 bridgehead atoms. The van der Waals surface area contributed by atoms with E-state index in [2.05, 4.69) is 10.2 Å². The minimum atomic E-state index is -0.937. The van der Waals surface area contributed by atoms with Gasteiger partial charge in [0.05, 0.1) is 11.3 Å². The highest BCUT2D eigenvalue weighted by Crippen LogP contribution is 2.46. The van der Waals surface area contributed by atoms with Gasteiger partial charge in [-0.25, -0.2) is 4.79 Å². The number of carbonyl (C=O) groups excluding carboxylic acids is 2. The second-order valence-electron chi connectivity index (χ2n) is 12.2. The van der Waals surface area contributed by atoms with Crippen molar-refractivity contribution in [1.29, 1.82) is 0 Å². The fraction of sp³-hybridized carbons (Fsp3) is 0.371. The Bertz CT molecular complexity index is 1660. The number of hydrogen-bond acceptors (Lipinski definition) is 6. The molecule has 1 aliphatic carbocycles. The molecule has 1 saturated carbocycles. The number of carbonyl (C=O) groups is 3. The van der Waals surface area contributed by atoms with Crippen molar-refractivity contribution in [2.75, 3.05) is 36.4 Å². The second-order valence-corrected chi connectivity index (χ2v) is 13.2. The Morgan fingerprint density at radius 3 is 2.45 bits per heavy atom. The fourth-order valence-corrected chi connectivity index (χ4v) is 8.00. The second kappa shape index (κ2) is 12.0. The summed E-state index contributed by atoms with van der Waals surface area (Å²) in [6, 6.07) is 16.4. The van der Waals surface area contributed by atoms with Crippen LogP contribution in [0.1, 0.15) is 64.1 Å². The highest BCUT2D eigenvalue weighted by Gasteiger charge is 2.37. The van der Waals surface area contributed by atoms with Crippen LogP contribution >= 0.6 is 11.3 Å². The van der Waals surface area contributed by atoms with Crippen LogP contribution in [0.2, 0.25) is 0 Å². The van der Waals surface area contributed by atoms with Crippen LogP contribution in [-0.4, -0.2) is 59.8 Å². The molecule has 1 saturated heterocycles. The number of fused-ring (bicyclic) bond motifs is 4. The molecule has 2 atom stereocenters. The Labute approximate surface area is 261 Å². The molecule has 3 aromatic rings. The lowest BCUT2D eigenvalue weighted by atomic mass is 10.1. The lowest BCUT2D eigenvalue weighted by molar-refractivity contribution is -0.112. The number of thiophene rings is 1. The van der Waals surface area contributed by atoms with Crippen LogP contribution in [0.5, 0.6) is 0 Å². The lowest BCUT2D eigenvalue weighted by Crippen LogP contribution is -2.38. The SMILES string of the molecule is O=C(Nc1ccc(C(=O)N2CCc3cc(C(=O)O)sc3-c3ccccc32)cc1)C1=CCCN=C1N1CCCC2CC2CCC1. The number of benzene rings is 2. The van der Waals surface area contributed by atoms with Crippen LogP contribution in [0.3, 0.4) is 0 Å². The molecular weight excluding hydrogens is 572 g/mol. The molecule has 2 aromatic carbocycles. The van der Waals surface area contributed by atoms with Gasteiger partial charge in [-0.2, -0.15) is 0 Å². The Balaban J connectivity index is 1.05. The van der Waals surface area contributed by atoms with Gasteiger partial charge in [0.2, 0.25) is 0 Å². The van der Waals surface area contributed by atoms with Crippen LogP contribution in [0, 0.1) is 11.8 Å². The predicted octanol–water partition coefficient (Wildman–Crippen LogP) is 6.50. The summed E-state index contributed by atoms with van der Waals surface area (Å²) >= 11 is 1.25. The summed E-state index contributed by atoms with van der Waals surface area (Å²) in [6.07, 6.45) is 9.55. The van der Waals surface area contributed by atoms with Crippen molar-refractivity contribution >= 4 is 46.3 Å². The maximum atomic E-state index is 13.8. The van der Waals surface area contributed by atoms with Gasteiger partial charge in [0.25, 0.3) is 11.8 Å². The van der Waals surface area contributed by atoms with Crippen LogP contribution in [0.4, 0.5) is 11.4 Å². The van der Waals surface area contributed by atoms with Crippen LogP contribution < -0.4 is 10.2 Å². The van der Waals surface area contributed by atoms with Crippen molar-refractivity contribution in [2.24, 2.45) is 16.8 Å². The maximum absolute atomic E-state index is 13.8. The summed E-state index contributed by atoms with van der Waals surface area (Å²) in [7, 11) is 0. The summed E-state index contributed by atoms with van der Waals surface area (Å²) in [5, 5.41) is 12.6. The number of carboxylic acid groups (broad SMARTS) is 1. The van der Waals surface area contributed by atoms with Gasteiger partial charge < -0.3 is 20.2 Å². The maximum Gasteiger partial charge on any atom is 0.345 e. The first-order valence-electron chi connectivity index (χ1n) is 15.6. The van der Waals surface area contributed by atoms with E-state index < -0.39 is 5.97 Å². The Morgan fingerprint density at radius 2 is 1.70 bits per heavy atom. The molecule has 4 heterocycles. The minimum absolute atomic E-state index is 0.140. The molecule has 0 radical (unpaired) electrons. The zero-order valence-electron chi connectivity index (χ0n) is 24.6. The highest BCUT2D eigenvalue weighted by molar-refractivity contribution is 7.17. The molecular formula is C35H36N4O4S. The topological polar surface area (TPSA) is 102 Å². The average Bonchev–Trinajstić information content (AvgIpc) is 3.66. The molecule has 7 rings (SSSR count). The molecule has 2 N–H and O–H groups in total. The third kappa shape index (κ3) is 5.68. The fourth-order valence-electron chi connectivity index (χ4n) is 6.91. The first-order chi connectivity index (χ1) is 21.5. The molecule has 0 spiro atoms. The quantitative estimate of drug-likeness (QED) is 0.352. The minimum Gasteiger partial charge on any atom is -0.477 e. The number of aliphatic imine (C=N–C) groups is 1. The van der Waals surface area contributed by atoms with E-state index in [0.29, 0.717) is 41.2 Å². The van der Waals surface area contributed by atoms with Crippen LogP contribution in [0.15, 0.2) is 71.2 Å². The van der Waals surface area contributed by atoms with Crippen molar-refractivity contribution in [3.63, 3.8) is 0 Å². The zero-order valence-corrected chi connectivity index (χ0v) is 25.4. The first-order valence-corrected chi connectivity index (χ1v) is 16.5. The number of carboxylic acids is 1. The van der Waals surface area contributed by atoms with E-state index in [9.17, 15) is 19.5 Å². The van der Waals surface area contributed by atoms with Crippen molar-refractivity contribution in [1.82, 2.24) is 4.90 Å². The van der Waals surface area contributed by atoms with Crippen LogP contribution in [-0.2, 0) is 11.2 Å². The van der Waals surface area contributed by atoms with Gasteiger partial charge >= 0.3 is 5.97 Å². The van der Waals surface area contributed by atoms with E-state index in [1.54, 1.807) is 35.2 Å². The molecule has 9 heteroatoms. The van der Waals surface area contributed by atoms with E-state index in [1.165, 1.54) is 30.6 Å². The van der Waals surface area contributed by atoms with E-state index in [4.69, 9.17) is 4.99 Å². The normalized spacial score (nSPS) is 21.2. The van der Waals surface area contributed by atoms with Crippen molar-refractivity contribution < 1.29 is 19.5 Å². The smallest absolute Gasteiger partial charge is 0.345 e. The number of anilines is 2. The molecule has 4 aliphatic rings. The first kappa shape index (κ1) is 28.5. The molecule has 226 valence electrons. The molecule has 3 aliphatic heterocycles. The summed E-state index contributed by atoms with van der Waals surface area (Å²) in [4.78, 5) is 49.0. The van der Waals surface area contributed by atoms with E-state index in [-0.39, 0.29) is 11.8 Å². The number of amides is 2. The number of nitrogens with one attached hydrogen (secondary N) is 1. The standard InChI is InChI=1S/C35H36N4O4S/c40-33(28-9-3-16-36-32(28)38-17-4-6-23-20-24(23)7-5-18-38)37-26-13-11-22(12-14-26)34(41)39-19-15-25-21-30(35(42)43)44-31(25)27-8-1-2-10-29(27)39/h1-2,8-14,21,23-24H,3-7,15-20H2,(H,37,40)(H,42,43).